The minimum Gasteiger partial charge on any atom is -0.435 e. The molecule has 0 N–H and O–H groups in total. The summed E-state index contributed by atoms with van der Waals surface area (Å²) in [5.41, 5.74) is 1.45. The molecule has 0 amide bonds. The van der Waals surface area contributed by atoms with Crippen LogP contribution in [0.15, 0.2) is 29.6 Å². The van der Waals surface area contributed by atoms with Gasteiger partial charge in [0.05, 0.1) is 11.6 Å². The number of aromatic nitrogens is 1. The third-order valence-electron chi connectivity index (χ3n) is 2.02. The first kappa shape index (κ1) is 12.3. The Hall–Kier alpha value is -1.20. The lowest BCUT2D eigenvalue weighted by atomic mass is 10.2. The highest BCUT2D eigenvalue weighted by Crippen LogP contribution is 2.26. The van der Waals surface area contributed by atoms with Gasteiger partial charge in [0.15, 0.2) is 0 Å². The Morgan fingerprint density at radius 1 is 1.41 bits per heavy atom. The molecule has 0 bridgehead atoms. The SMILES string of the molecule is FC(F)Oc1cccc(-c2csc(CCl)n2)c1. The van der Waals surface area contributed by atoms with E-state index in [0.29, 0.717) is 11.6 Å². The van der Waals surface area contributed by atoms with Gasteiger partial charge in [-0.15, -0.1) is 22.9 Å². The Morgan fingerprint density at radius 3 is 2.88 bits per heavy atom. The van der Waals surface area contributed by atoms with Crippen LogP contribution in [0.2, 0.25) is 0 Å². The third kappa shape index (κ3) is 3.14. The van der Waals surface area contributed by atoms with E-state index in [1.165, 1.54) is 23.5 Å². The lowest BCUT2D eigenvalue weighted by Crippen LogP contribution is -2.01. The first-order valence-corrected chi connectivity index (χ1v) is 6.16. The monoisotopic (exact) mass is 275 g/mol. The lowest BCUT2D eigenvalue weighted by molar-refractivity contribution is -0.0498. The number of rotatable bonds is 4. The average molecular weight is 276 g/mol. The lowest BCUT2D eigenvalue weighted by Gasteiger charge is -2.05. The molecule has 6 heteroatoms. The van der Waals surface area contributed by atoms with Crippen molar-refractivity contribution >= 4 is 22.9 Å². The average Bonchev–Trinajstić information content (AvgIpc) is 2.77. The molecular weight excluding hydrogens is 268 g/mol. The van der Waals surface area contributed by atoms with Crippen molar-refractivity contribution in [3.8, 4) is 17.0 Å². The number of benzene rings is 1. The molecule has 90 valence electrons. The minimum absolute atomic E-state index is 0.123. The summed E-state index contributed by atoms with van der Waals surface area (Å²) < 4.78 is 28.4. The second-order valence-electron chi connectivity index (χ2n) is 3.17. The van der Waals surface area contributed by atoms with Crippen LogP contribution in [-0.2, 0) is 5.88 Å². The van der Waals surface area contributed by atoms with Crippen molar-refractivity contribution in [1.29, 1.82) is 0 Å². The van der Waals surface area contributed by atoms with Gasteiger partial charge in [-0.2, -0.15) is 8.78 Å². The predicted molar refractivity (Wildman–Crippen MR) is 63.7 cm³/mol. The molecule has 0 aliphatic heterocycles. The molecule has 2 rings (SSSR count). The highest BCUT2D eigenvalue weighted by molar-refractivity contribution is 7.10. The zero-order valence-electron chi connectivity index (χ0n) is 8.57. The zero-order valence-corrected chi connectivity index (χ0v) is 10.1. The summed E-state index contributed by atoms with van der Waals surface area (Å²) in [6, 6.07) is 6.43. The molecule has 0 saturated carbocycles. The van der Waals surface area contributed by atoms with Crippen LogP contribution in [0.25, 0.3) is 11.3 Å². The molecule has 0 fully saturated rings. The van der Waals surface area contributed by atoms with Gasteiger partial charge in [-0.1, -0.05) is 12.1 Å². The van der Waals surface area contributed by atoms with E-state index in [-0.39, 0.29) is 5.75 Å². The number of hydrogen-bond donors (Lipinski definition) is 0. The van der Waals surface area contributed by atoms with Gasteiger partial charge in [0.1, 0.15) is 10.8 Å². The second kappa shape index (κ2) is 5.42. The molecule has 1 aromatic heterocycles. The summed E-state index contributed by atoms with van der Waals surface area (Å²) in [7, 11) is 0. The zero-order chi connectivity index (χ0) is 12.3. The van der Waals surface area contributed by atoms with Crippen LogP contribution in [0.5, 0.6) is 5.75 Å². The second-order valence-corrected chi connectivity index (χ2v) is 4.38. The van der Waals surface area contributed by atoms with Crippen LogP contribution < -0.4 is 4.74 Å². The van der Waals surface area contributed by atoms with Crippen LogP contribution in [0, 0.1) is 0 Å². The molecule has 1 heterocycles. The minimum atomic E-state index is -2.82. The van der Waals surface area contributed by atoms with Crippen molar-refractivity contribution in [2.45, 2.75) is 12.5 Å². The Balaban J connectivity index is 2.26. The molecule has 0 saturated heterocycles. The van der Waals surface area contributed by atoms with Gasteiger partial charge >= 0.3 is 6.61 Å². The van der Waals surface area contributed by atoms with Crippen molar-refractivity contribution in [2.24, 2.45) is 0 Å². The smallest absolute Gasteiger partial charge is 0.387 e. The number of hydrogen-bond acceptors (Lipinski definition) is 3. The van der Waals surface area contributed by atoms with Crippen molar-refractivity contribution in [1.82, 2.24) is 4.98 Å². The van der Waals surface area contributed by atoms with E-state index >= 15 is 0 Å². The molecule has 0 atom stereocenters. The van der Waals surface area contributed by atoms with Crippen molar-refractivity contribution in [3.63, 3.8) is 0 Å². The van der Waals surface area contributed by atoms with E-state index < -0.39 is 6.61 Å². The Bertz CT molecular complexity index is 504. The van der Waals surface area contributed by atoms with Crippen LogP contribution in [0.3, 0.4) is 0 Å². The summed E-state index contributed by atoms with van der Waals surface area (Å²) in [4.78, 5) is 4.26. The van der Waals surface area contributed by atoms with Crippen molar-refractivity contribution in [3.05, 3.63) is 34.7 Å². The molecule has 17 heavy (non-hydrogen) atoms. The fraction of sp³-hybridized carbons (Fsp3) is 0.182. The number of alkyl halides is 3. The van der Waals surface area contributed by atoms with E-state index in [4.69, 9.17) is 11.6 Å². The Morgan fingerprint density at radius 2 is 2.24 bits per heavy atom. The predicted octanol–water partition coefficient (Wildman–Crippen LogP) is 4.15. The summed E-state index contributed by atoms with van der Waals surface area (Å²) >= 11 is 7.08. The number of nitrogens with zero attached hydrogens (tertiary/aromatic N) is 1. The third-order valence-corrected chi connectivity index (χ3v) is 3.28. The quantitative estimate of drug-likeness (QED) is 0.782. The van der Waals surface area contributed by atoms with Crippen molar-refractivity contribution < 1.29 is 13.5 Å². The first-order chi connectivity index (χ1) is 8.19. The Labute approximate surface area is 106 Å². The number of thiazole rings is 1. The summed E-state index contributed by atoms with van der Waals surface area (Å²) in [6.07, 6.45) is 0. The molecule has 0 aliphatic rings. The first-order valence-electron chi connectivity index (χ1n) is 4.74. The van der Waals surface area contributed by atoms with E-state index in [2.05, 4.69) is 9.72 Å². The van der Waals surface area contributed by atoms with E-state index in [0.717, 1.165) is 10.6 Å². The normalized spacial score (nSPS) is 10.8. The largest absolute Gasteiger partial charge is 0.435 e. The van der Waals surface area contributed by atoms with E-state index in [1.807, 2.05) is 5.38 Å². The van der Waals surface area contributed by atoms with Crippen LogP contribution in [0.4, 0.5) is 8.78 Å². The van der Waals surface area contributed by atoms with Gasteiger partial charge in [0.25, 0.3) is 0 Å². The molecule has 0 unspecified atom stereocenters. The fourth-order valence-electron chi connectivity index (χ4n) is 1.34. The number of halogens is 3. The maximum atomic E-state index is 12.1. The number of ether oxygens (including phenoxy) is 1. The molecule has 0 radical (unpaired) electrons. The summed E-state index contributed by atoms with van der Waals surface area (Å²) in [5.74, 6) is 0.468. The van der Waals surface area contributed by atoms with Crippen molar-refractivity contribution in [2.75, 3.05) is 0 Å². The van der Waals surface area contributed by atoms with Crippen LogP contribution in [0.1, 0.15) is 5.01 Å². The fourth-order valence-corrected chi connectivity index (χ4v) is 2.24. The topological polar surface area (TPSA) is 22.1 Å². The molecule has 0 aliphatic carbocycles. The molecule has 0 spiro atoms. The van der Waals surface area contributed by atoms with Crippen LogP contribution >= 0.6 is 22.9 Å². The highest BCUT2D eigenvalue weighted by atomic mass is 35.5. The Kier molecular flexibility index (Phi) is 3.91. The van der Waals surface area contributed by atoms with Gasteiger partial charge in [-0.05, 0) is 12.1 Å². The molecule has 1 aromatic carbocycles. The highest BCUT2D eigenvalue weighted by Gasteiger charge is 2.07. The molecule has 2 aromatic rings. The summed E-state index contributed by atoms with van der Waals surface area (Å²) in [6.45, 7) is -2.82. The van der Waals surface area contributed by atoms with Gasteiger partial charge in [-0.3, -0.25) is 0 Å². The van der Waals surface area contributed by atoms with Crippen LogP contribution in [-0.4, -0.2) is 11.6 Å². The molecule has 2 nitrogen and oxygen atoms in total. The molecular formula is C11H8ClF2NOS. The maximum Gasteiger partial charge on any atom is 0.387 e. The van der Waals surface area contributed by atoms with Gasteiger partial charge in [0, 0.05) is 10.9 Å². The van der Waals surface area contributed by atoms with Gasteiger partial charge < -0.3 is 4.74 Å². The van der Waals surface area contributed by atoms with Gasteiger partial charge in [0.2, 0.25) is 0 Å². The van der Waals surface area contributed by atoms with E-state index in [9.17, 15) is 8.78 Å². The summed E-state index contributed by atoms with van der Waals surface area (Å²) in [5, 5.41) is 2.63. The van der Waals surface area contributed by atoms with Gasteiger partial charge in [-0.25, -0.2) is 4.98 Å². The maximum absolute atomic E-state index is 12.1. The van der Waals surface area contributed by atoms with E-state index in [1.54, 1.807) is 12.1 Å². The standard InChI is InChI=1S/C11H8ClF2NOS/c12-5-10-15-9(6-17-10)7-2-1-3-8(4-7)16-11(13)14/h1-4,6,11H,5H2.